The van der Waals surface area contributed by atoms with Crippen molar-refractivity contribution in [1.82, 2.24) is 5.32 Å². The average Bonchev–Trinajstić information content (AvgIpc) is 2.39. The van der Waals surface area contributed by atoms with Gasteiger partial charge in [-0.2, -0.15) is 0 Å². The molecule has 0 saturated carbocycles. The zero-order valence-corrected chi connectivity index (χ0v) is 11.7. The number of carbonyl (C=O) groups excluding carboxylic acids is 1. The molecule has 1 amide bonds. The number of ether oxygens (including phenoxy) is 2. The predicted octanol–water partition coefficient (Wildman–Crippen LogP) is -0.418. The van der Waals surface area contributed by atoms with Gasteiger partial charge in [-0.25, -0.2) is 0 Å². The van der Waals surface area contributed by atoms with Gasteiger partial charge in [-0.05, 0) is 12.3 Å². The number of hydrogen-bond acceptors (Lipinski definition) is 5. The Balaban J connectivity index is 2.68. The van der Waals surface area contributed by atoms with Gasteiger partial charge in [0.15, 0.2) is 0 Å². The van der Waals surface area contributed by atoms with Gasteiger partial charge in [0, 0.05) is 7.11 Å². The predicted molar refractivity (Wildman–Crippen MR) is 69.9 cm³/mol. The maximum absolute atomic E-state index is 11.6. The molecule has 0 bridgehead atoms. The molecule has 1 aliphatic rings. The summed E-state index contributed by atoms with van der Waals surface area (Å²) in [7, 11) is 1.51. The molecule has 7 heteroatoms. The third-order valence-electron chi connectivity index (χ3n) is 3.30. The molecule has 1 radical (unpaired) electrons. The van der Waals surface area contributed by atoms with Crippen molar-refractivity contribution in [3.05, 3.63) is 6.42 Å². The maximum atomic E-state index is 11.6. The summed E-state index contributed by atoms with van der Waals surface area (Å²) >= 11 is 0. The molecule has 0 aliphatic carbocycles. The van der Waals surface area contributed by atoms with Crippen molar-refractivity contribution < 1.29 is 29.3 Å². The molecule has 4 unspecified atom stereocenters. The zero-order valence-electron chi connectivity index (χ0n) is 11.7. The van der Waals surface area contributed by atoms with Crippen molar-refractivity contribution in [2.45, 2.75) is 38.0 Å². The maximum Gasteiger partial charge on any atom is 0.312 e. The van der Waals surface area contributed by atoms with E-state index in [-0.39, 0.29) is 25.2 Å². The van der Waals surface area contributed by atoms with Gasteiger partial charge in [-0.3, -0.25) is 9.59 Å². The molecule has 0 aromatic carbocycles. The second kappa shape index (κ2) is 8.18. The highest BCUT2D eigenvalue weighted by molar-refractivity contribution is 5.93. The van der Waals surface area contributed by atoms with Crippen LogP contribution in [-0.4, -0.2) is 60.7 Å². The Morgan fingerprint density at radius 1 is 1.40 bits per heavy atom. The Kier molecular flexibility index (Phi) is 6.90. The van der Waals surface area contributed by atoms with E-state index in [4.69, 9.17) is 14.6 Å². The minimum Gasteiger partial charge on any atom is -0.481 e. The lowest BCUT2D eigenvalue weighted by atomic mass is 9.86. The summed E-state index contributed by atoms with van der Waals surface area (Å²) in [6.07, 6.45) is 1.32. The van der Waals surface area contributed by atoms with Crippen molar-refractivity contribution in [3.63, 3.8) is 0 Å². The standard InChI is InChI=1S/C13H22NO6/c1-3-8-4-9(14-12(16)5-13(17)18)11(7-19-2)20-10(8)6-15/h4,8-11,15H,3,5-7H2,1-2H3,(H,14,16)(H,17,18). The summed E-state index contributed by atoms with van der Waals surface area (Å²) in [6.45, 7) is 2.10. The van der Waals surface area contributed by atoms with Crippen molar-refractivity contribution in [2.24, 2.45) is 5.92 Å². The third kappa shape index (κ3) is 4.73. The Morgan fingerprint density at radius 2 is 2.10 bits per heavy atom. The van der Waals surface area contributed by atoms with Crippen LogP contribution < -0.4 is 5.32 Å². The fraction of sp³-hybridized carbons (Fsp3) is 0.769. The van der Waals surface area contributed by atoms with Gasteiger partial charge in [0.2, 0.25) is 5.91 Å². The number of carboxylic acid groups (broad SMARTS) is 1. The van der Waals surface area contributed by atoms with Gasteiger partial charge < -0.3 is 25.0 Å². The van der Waals surface area contributed by atoms with E-state index in [9.17, 15) is 14.7 Å². The Hall–Kier alpha value is -1.18. The Bertz CT molecular complexity index is 335. The summed E-state index contributed by atoms with van der Waals surface area (Å²) < 4.78 is 10.8. The molecule has 1 saturated heterocycles. The molecule has 1 aliphatic heterocycles. The third-order valence-corrected chi connectivity index (χ3v) is 3.30. The molecule has 7 nitrogen and oxygen atoms in total. The second-order valence-corrected chi connectivity index (χ2v) is 4.78. The summed E-state index contributed by atoms with van der Waals surface area (Å²) in [5, 5.41) is 20.5. The van der Waals surface area contributed by atoms with Crippen molar-refractivity contribution >= 4 is 11.9 Å². The van der Waals surface area contributed by atoms with Crippen LogP contribution in [0.25, 0.3) is 0 Å². The highest BCUT2D eigenvalue weighted by Gasteiger charge is 2.37. The van der Waals surface area contributed by atoms with Crippen LogP contribution in [0.3, 0.4) is 0 Å². The first kappa shape index (κ1) is 16.9. The van der Waals surface area contributed by atoms with Crippen LogP contribution in [0.1, 0.15) is 19.8 Å². The highest BCUT2D eigenvalue weighted by atomic mass is 16.5. The summed E-state index contributed by atoms with van der Waals surface area (Å²) in [4.78, 5) is 22.1. The number of aliphatic carboxylic acids is 1. The Morgan fingerprint density at radius 3 is 2.60 bits per heavy atom. The molecular weight excluding hydrogens is 266 g/mol. The number of hydrogen-bond donors (Lipinski definition) is 3. The second-order valence-electron chi connectivity index (χ2n) is 4.78. The van der Waals surface area contributed by atoms with E-state index in [1.807, 2.05) is 13.3 Å². The minimum absolute atomic E-state index is 0.00299. The van der Waals surface area contributed by atoms with Gasteiger partial charge in [0.25, 0.3) is 0 Å². The van der Waals surface area contributed by atoms with Crippen LogP contribution in [0, 0.1) is 12.3 Å². The molecule has 1 rings (SSSR count). The normalized spacial score (nSPS) is 29.9. The summed E-state index contributed by atoms with van der Waals surface area (Å²) in [5.74, 6) is -1.74. The van der Waals surface area contributed by atoms with Crippen LogP contribution in [0.15, 0.2) is 0 Å². The fourth-order valence-corrected chi connectivity index (χ4v) is 2.32. The number of amides is 1. The monoisotopic (exact) mass is 288 g/mol. The molecule has 115 valence electrons. The lowest BCUT2D eigenvalue weighted by Crippen LogP contribution is -2.55. The lowest BCUT2D eigenvalue weighted by molar-refractivity contribution is -0.143. The van der Waals surface area contributed by atoms with Crippen LogP contribution in [0.2, 0.25) is 0 Å². The summed E-state index contributed by atoms with van der Waals surface area (Å²) in [6, 6.07) is -0.422. The minimum atomic E-state index is -1.18. The first-order valence-electron chi connectivity index (χ1n) is 6.63. The lowest BCUT2D eigenvalue weighted by Gasteiger charge is -2.40. The number of aliphatic hydroxyl groups excluding tert-OH is 1. The first-order chi connectivity index (χ1) is 9.51. The number of nitrogens with one attached hydrogen (secondary N) is 1. The fourth-order valence-electron chi connectivity index (χ4n) is 2.32. The van der Waals surface area contributed by atoms with Crippen molar-refractivity contribution in [3.8, 4) is 0 Å². The zero-order chi connectivity index (χ0) is 15.1. The van der Waals surface area contributed by atoms with Gasteiger partial charge >= 0.3 is 5.97 Å². The molecule has 1 fully saturated rings. The number of aliphatic hydroxyl groups is 1. The van der Waals surface area contributed by atoms with Gasteiger partial charge in [-0.1, -0.05) is 13.3 Å². The number of carbonyl (C=O) groups is 2. The van der Waals surface area contributed by atoms with E-state index in [1.54, 1.807) is 0 Å². The number of rotatable bonds is 7. The van der Waals surface area contributed by atoms with Crippen molar-refractivity contribution in [1.29, 1.82) is 0 Å². The quantitative estimate of drug-likeness (QED) is 0.550. The van der Waals surface area contributed by atoms with Crippen LogP contribution in [0.4, 0.5) is 0 Å². The first-order valence-corrected chi connectivity index (χ1v) is 6.63. The number of carboxylic acids is 1. The molecule has 3 N–H and O–H groups in total. The van der Waals surface area contributed by atoms with E-state index in [1.165, 1.54) is 7.11 Å². The van der Waals surface area contributed by atoms with E-state index in [0.29, 0.717) is 0 Å². The molecular formula is C13H22NO6. The molecule has 0 spiro atoms. The van der Waals surface area contributed by atoms with Gasteiger partial charge in [-0.15, -0.1) is 0 Å². The largest absolute Gasteiger partial charge is 0.481 e. The highest BCUT2D eigenvalue weighted by Crippen LogP contribution is 2.27. The van der Waals surface area contributed by atoms with Crippen LogP contribution in [-0.2, 0) is 19.1 Å². The SMILES string of the molecule is CCC1[CH]C(NC(=O)CC(=O)O)C(COC)OC1CO. The molecule has 20 heavy (non-hydrogen) atoms. The van der Waals surface area contributed by atoms with Crippen LogP contribution >= 0.6 is 0 Å². The molecule has 1 heterocycles. The van der Waals surface area contributed by atoms with E-state index >= 15 is 0 Å². The van der Waals surface area contributed by atoms with E-state index in [2.05, 4.69) is 5.32 Å². The molecule has 0 aromatic rings. The summed E-state index contributed by atoms with van der Waals surface area (Å²) in [5.41, 5.74) is 0. The average molecular weight is 288 g/mol. The van der Waals surface area contributed by atoms with Crippen molar-refractivity contribution in [2.75, 3.05) is 20.3 Å². The van der Waals surface area contributed by atoms with E-state index in [0.717, 1.165) is 6.42 Å². The van der Waals surface area contributed by atoms with Gasteiger partial charge in [0.1, 0.15) is 12.5 Å². The number of methoxy groups -OCH3 is 1. The Labute approximate surface area is 118 Å². The topological polar surface area (TPSA) is 105 Å². The van der Waals surface area contributed by atoms with Crippen LogP contribution in [0.5, 0.6) is 0 Å². The van der Waals surface area contributed by atoms with Gasteiger partial charge in [0.05, 0.1) is 25.4 Å². The molecule has 4 atom stereocenters. The smallest absolute Gasteiger partial charge is 0.312 e. The van der Waals surface area contributed by atoms with E-state index < -0.39 is 30.4 Å². The molecule has 0 aromatic heterocycles.